The molecule has 1 heterocycles. The molecule has 24 heavy (non-hydrogen) atoms. The Morgan fingerprint density at radius 3 is 2.71 bits per heavy atom. The van der Waals surface area contributed by atoms with Gasteiger partial charge in [-0.25, -0.2) is 8.78 Å². The molecule has 5 nitrogen and oxygen atoms in total. The van der Waals surface area contributed by atoms with Gasteiger partial charge in [-0.1, -0.05) is 37.6 Å². The van der Waals surface area contributed by atoms with Crippen molar-refractivity contribution in [2.75, 3.05) is 5.32 Å². The monoisotopic (exact) mass is 354 g/mol. The molecule has 0 bridgehead atoms. The van der Waals surface area contributed by atoms with Crippen LogP contribution in [0.5, 0.6) is 0 Å². The first-order valence-corrected chi connectivity index (χ1v) is 8.70. The minimum absolute atomic E-state index is 0.431. The van der Waals surface area contributed by atoms with Crippen LogP contribution >= 0.6 is 11.8 Å². The van der Waals surface area contributed by atoms with E-state index in [0.29, 0.717) is 5.16 Å². The number of hydrogen-bond acceptors (Lipinski definition) is 4. The summed E-state index contributed by atoms with van der Waals surface area (Å²) in [6.07, 6.45) is 4.84. The minimum Gasteiger partial charge on any atom is -0.320 e. The summed E-state index contributed by atoms with van der Waals surface area (Å²) in [7, 11) is 0. The van der Waals surface area contributed by atoms with Crippen molar-refractivity contribution >= 4 is 23.4 Å². The maximum atomic E-state index is 13.6. The molecule has 0 radical (unpaired) electrons. The molecule has 2 aromatic rings. The van der Waals surface area contributed by atoms with Crippen LogP contribution < -0.4 is 5.32 Å². The van der Waals surface area contributed by atoms with Gasteiger partial charge in [0.25, 0.3) is 0 Å². The Hall–Kier alpha value is -1.96. The van der Waals surface area contributed by atoms with Gasteiger partial charge in [0.2, 0.25) is 5.91 Å². The standard InChI is InChI=1S/C16H20F2N4OS/c1-3-4-5-9-22-10-19-21-16(22)24-11(2)15(23)20-14-12(17)7-6-8-13(14)18/h6-8,10-11H,3-5,9H2,1-2H3,(H,20,23)/t11-/m1/s1. The lowest BCUT2D eigenvalue weighted by Gasteiger charge is -2.13. The van der Waals surface area contributed by atoms with Crippen LogP contribution in [-0.2, 0) is 11.3 Å². The van der Waals surface area contributed by atoms with E-state index in [9.17, 15) is 13.6 Å². The minimum atomic E-state index is -0.803. The van der Waals surface area contributed by atoms with E-state index in [2.05, 4.69) is 22.4 Å². The summed E-state index contributed by atoms with van der Waals surface area (Å²) in [5, 5.41) is 10.2. The number of nitrogens with one attached hydrogen (secondary N) is 1. The first-order valence-electron chi connectivity index (χ1n) is 7.82. The van der Waals surface area contributed by atoms with Crippen LogP contribution in [0, 0.1) is 11.6 Å². The summed E-state index contributed by atoms with van der Waals surface area (Å²) in [4.78, 5) is 12.2. The Balaban J connectivity index is 1.98. The van der Waals surface area contributed by atoms with Crippen molar-refractivity contribution in [2.24, 2.45) is 0 Å². The first-order chi connectivity index (χ1) is 11.5. The van der Waals surface area contributed by atoms with Crippen LogP contribution in [0.15, 0.2) is 29.7 Å². The average Bonchev–Trinajstić information content (AvgIpc) is 2.98. The Labute approximate surface area is 143 Å². The van der Waals surface area contributed by atoms with E-state index in [0.717, 1.165) is 37.9 Å². The quantitative estimate of drug-likeness (QED) is 0.577. The summed E-state index contributed by atoms with van der Waals surface area (Å²) in [5.74, 6) is -2.10. The molecule has 0 aliphatic rings. The highest BCUT2D eigenvalue weighted by Gasteiger charge is 2.20. The van der Waals surface area contributed by atoms with Gasteiger partial charge in [0, 0.05) is 6.54 Å². The summed E-state index contributed by atoms with van der Waals surface area (Å²) in [6, 6.07) is 3.44. The number of hydrogen-bond donors (Lipinski definition) is 1. The number of amides is 1. The van der Waals surface area contributed by atoms with Crippen molar-refractivity contribution in [2.45, 2.75) is 50.1 Å². The summed E-state index contributed by atoms with van der Waals surface area (Å²) < 4.78 is 29.1. The van der Waals surface area contributed by atoms with Gasteiger partial charge in [0.15, 0.2) is 5.16 Å². The van der Waals surface area contributed by atoms with E-state index >= 15 is 0 Å². The third kappa shape index (κ3) is 4.77. The molecule has 0 aliphatic carbocycles. The van der Waals surface area contributed by atoms with Crippen LogP contribution in [0.1, 0.15) is 33.1 Å². The van der Waals surface area contributed by atoms with Crippen molar-refractivity contribution in [3.63, 3.8) is 0 Å². The second-order valence-corrected chi connectivity index (χ2v) is 6.67. The number of unbranched alkanes of at least 4 members (excludes halogenated alkanes) is 2. The van der Waals surface area contributed by atoms with Crippen LogP contribution in [0.3, 0.4) is 0 Å². The first kappa shape index (κ1) is 18.4. The highest BCUT2D eigenvalue weighted by atomic mass is 32.2. The second kappa shape index (κ2) is 8.77. The Kier molecular flexibility index (Phi) is 6.72. The molecule has 1 aromatic heterocycles. The maximum absolute atomic E-state index is 13.6. The van der Waals surface area contributed by atoms with Gasteiger partial charge < -0.3 is 9.88 Å². The lowest BCUT2D eigenvalue weighted by Crippen LogP contribution is -2.24. The molecule has 1 amide bonds. The molecular formula is C16H20F2N4OS. The fourth-order valence-electron chi connectivity index (χ4n) is 2.07. The number of benzene rings is 1. The zero-order valence-corrected chi connectivity index (χ0v) is 14.4. The van der Waals surface area contributed by atoms with Gasteiger partial charge in [-0.15, -0.1) is 10.2 Å². The highest BCUT2D eigenvalue weighted by Crippen LogP contribution is 2.24. The predicted octanol–water partition coefficient (Wildman–Crippen LogP) is 3.87. The van der Waals surface area contributed by atoms with E-state index in [1.54, 1.807) is 13.3 Å². The SMILES string of the molecule is CCCCCn1cnnc1S[C@H](C)C(=O)Nc1c(F)cccc1F. The molecular weight excluding hydrogens is 334 g/mol. The number of anilines is 1. The van der Waals surface area contributed by atoms with Crippen molar-refractivity contribution in [3.05, 3.63) is 36.2 Å². The van der Waals surface area contributed by atoms with Crippen molar-refractivity contribution < 1.29 is 13.6 Å². The number of carbonyl (C=O) groups is 1. The lowest BCUT2D eigenvalue weighted by molar-refractivity contribution is -0.115. The molecule has 1 aromatic carbocycles. The number of nitrogens with zero attached hydrogens (tertiary/aromatic N) is 3. The molecule has 0 unspecified atom stereocenters. The zero-order valence-electron chi connectivity index (χ0n) is 13.6. The normalized spacial score (nSPS) is 12.2. The topological polar surface area (TPSA) is 59.8 Å². The fraction of sp³-hybridized carbons (Fsp3) is 0.438. The molecule has 1 atom stereocenters. The Morgan fingerprint density at radius 1 is 1.33 bits per heavy atom. The number of aryl methyl sites for hydroxylation is 1. The number of rotatable bonds is 8. The molecule has 0 saturated heterocycles. The fourth-order valence-corrected chi connectivity index (χ4v) is 2.93. The van der Waals surface area contributed by atoms with Crippen LogP contribution in [0.25, 0.3) is 0 Å². The number of aromatic nitrogens is 3. The molecule has 0 spiro atoms. The van der Waals surface area contributed by atoms with Crippen LogP contribution in [0.2, 0.25) is 0 Å². The largest absolute Gasteiger partial charge is 0.320 e. The van der Waals surface area contributed by atoms with Crippen molar-refractivity contribution in [1.29, 1.82) is 0 Å². The van der Waals surface area contributed by atoms with Crippen molar-refractivity contribution in [3.8, 4) is 0 Å². The van der Waals surface area contributed by atoms with E-state index in [1.165, 1.54) is 17.8 Å². The van der Waals surface area contributed by atoms with Gasteiger partial charge in [-0.05, 0) is 25.5 Å². The number of thioether (sulfide) groups is 1. The third-order valence-corrected chi connectivity index (χ3v) is 4.54. The van der Waals surface area contributed by atoms with Gasteiger partial charge in [-0.2, -0.15) is 0 Å². The lowest BCUT2D eigenvalue weighted by atomic mass is 10.2. The Bertz CT molecular complexity index is 672. The smallest absolute Gasteiger partial charge is 0.237 e. The highest BCUT2D eigenvalue weighted by molar-refractivity contribution is 8.00. The summed E-state index contributed by atoms with van der Waals surface area (Å²) in [6.45, 7) is 4.55. The van der Waals surface area contributed by atoms with E-state index in [-0.39, 0.29) is 0 Å². The molecule has 8 heteroatoms. The molecule has 2 rings (SSSR count). The molecule has 1 N–H and O–H groups in total. The van der Waals surface area contributed by atoms with Gasteiger partial charge in [0.05, 0.1) is 5.25 Å². The average molecular weight is 354 g/mol. The van der Waals surface area contributed by atoms with E-state index in [4.69, 9.17) is 0 Å². The summed E-state index contributed by atoms with van der Waals surface area (Å²) in [5.41, 5.74) is -0.431. The second-order valence-electron chi connectivity index (χ2n) is 5.36. The molecule has 0 aliphatic heterocycles. The van der Waals surface area contributed by atoms with Crippen molar-refractivity contribution in [1.82, 2.24) is 14.8 Å². The summed E-state index contributed by atoms with van der Waals surface area (Å²) >= 11 is 1.21. The van der Waals surface area contributed by atoms with E-state index < -0.39 is 28.5 Å². The Morgan fingerprint density at radius 2 is 2.04 bits per heavy atom. The van der Waals surface area contributed by atoms with Gasteiger partial charge >= 0.3 is 0 Å². The third-order valence-electron chi connectivity index (χ3n) is 3.44. The van der Waals surface area contributed by atoms with E-state index in [1.807, 2.05) is 4.57 Å². The number of carbonyl (C=O) groups excluding carboxylic acids is 1. The maximum Gasteiger partial charge on any atom is 0.237 e. The molecule has 0 fully saturated rings. The van der Waals surface area contributed by atoms with Crippen LogP contribution in [0.4, 0.5) is 14.5 Å². The zero-order chi connectivity index (χ0) is 17.5. The molecule has 0 saturated carbocycles. The van der Waals surface area contributed by atoms with Crippen LogP contribution in [-0.4, -0.2) is 25.9 Å². The molecule has 130 valence electrons. The van der Waals surface area contributed by atoms with Gasteiger partial charge in [-0.3, -0.25) is 4.79 Å². The number of para-hydroxylation sites is 1. The number of halogens is 2. The van der Waals surface area contributed by atoms with Gasteiger partial charge in [0.1, 0.15) is 23.6 Å². The predicted molar refractivity (Wildman–Crippen MR) is 89.9 cm³/mol.